The predicted molar refractivity (Wildman–Crippen MR) is 166 cm³/mol. The second kappa shape index (κ2) is 10.8. The monoisotopic (exact) mass is 571 g/mol. The number of aliphatic hydroxyl groups excluding tert-OH is 1. The Hall–Kier alpha value is -1.87. The zero-order valence-corrected chi connectivity index (χ0v) is 27.6. The number of likely N-dealkylation sites (tertiary alicyclic amines) is 2. The van der Waals surface area contributed by atoms with Crippen LogP contribution in [0.25, 0.3) is 5.57 Å². The van der Waals surface area contributed by atoms with Gasteiger partial charge in [0, 0.05) is 31.2 Å². The highest BCUT2D eigenvalue weighted by atomic mass is 28.4. The standard InChI is InChI=1S/C32H53N3O4Si/c1-21(2)23-12-13-24-25(18-23)33-28-26(19-38-40(10,11)31(7,8)9)35(22(3)36)20-32(27(24)28)14-16-34(17-15-32)29(37)39-30(4,5)6/h12-13,18,22,26-28,33,36H,1,14-17,19-20H2,2-11H3/t22?,26-,27?,28?/m0/s1. The van der Waals surface area contributed by atoms with Gasteiger partial charge in [-0.15, -0.1) is 0 Å². The molecule has 8 heteroatoms. The van der Waals surface area contributed by atoms with Crippen molar-refractivity contribution in [1.82, 2.24) is 9.80 Å². The number of ether oxygens (including phenoxy) is 1. The molecule has 2 N–H and O–H groups in total. The van der Waals surface area contributed by atoms with E-state index in [-0.39, 0.29) is 34.5 Å². The summed E-state index contributed by atoms with van der Waals surface area (Å²) < 4.78 is 12.5. The number of piperidine rings is 2. The molecule has 4 atom stereocenters. The Morgan fingerprint density at radius 2 is 1.82 bits per heavy atom. The lowest BCUT2D eigenvalue weighted by atomic mass is 9.60. The van der Waals surface area contributed by atoms with Crippen LogP contribution in [0.1, 0.15) is 85.3 Å². The van der Waals surface area contributed by atoms with Crippen molar-refractivity contribution in [3.8, 4) is 0 Å². The van der Waals surface area contributed by atoms with Gasteiger partial charge in [0.25, 0.3) is 0 Å². The lowest BCUT2D eigenvalue weighted by molar-refractivity contribution is -0.106. The van der Waals surface area contributed by atoms with Crippen LogP contribution in [-0.4, -0.2) is 79.5 Å². The Balaban J connectivity index is 1.69. The van der Waals surface area contributed by atoms with E-state index in [1.807, 2.05) is 39.5 Å². The molecule has 0 aliphatic carbocycles. The third kappa shape index (κ3) is 6.01. The molecule has 2 saturated heterocycles. The Morgan fingerprint density at radius 3 is 2.35 bits per heavy atom. The van der Waals surface area contributed by atoms with Gasteiger partial charge in [-0.25, -0.2) is 4.79 Å². The van der Waals surface area contributed by atoms with Crippen molar-refractivity contribution >= 4 is 25.7 Å². The van der Waals surface area contributed by atoms with Gasteiger partial charge in [0.1, 0.15) is 11.8 Å². The van der Waals surface area contributed by atoms with Crippen LogP contribution in [0.3, 0.4) is 0 Å². The number of allylic oxidation sites excluding steroid dienone is 1. The van der Waals surface area contributed by atoms with Gasteiger partial charge in [-0.05, 0) is 88.2 Å². The van der Waals surface area contributed by atoms with E-state index in [9.17, 15) is 9.90 Å². The van der Waals surface area contributed by atoms with Crippen LogP contribution in [0, 0.1) is 5.41 Å². The molecule has 3 unspecified atom stereocenters. The summed E-state index contributed by atoms with van der Waals surface area (Å²) in [5, 5.41) is 15.2. The number of carbonyl (C=O) groups is 1. The molecule has 0 aromatic heterocycles. The Labute approximate surface area is 243 Å². The molecule has 4 rings (SSSR count). The number of benzene rings is 1. The van der Waals surface area contributed by atoms with Crippen LogP contribution in [0.2, 0.25) is 18.1 Å². The summed E-state index contributed by atoms with van der Waals surface area (Å²) in [7, 11) is -2.00. The number of rotatable bonds is 5. The number of fused-ring (bicyclic) bond motifs is 4. The van der Waals surface area contributed by atoms with E-state index in [0.29, 0.717) is 19.7 Å². The van der Waals surface area contributed by atoms with Crippen molar-refractivity contribution in [1.29, 1.82) is 0 Å². The van der Waals surface area contributed by atoms with Crippen LogP contribution in [0.5, 0.6) is 0 Å². The number of anilines is 1. The van der Waals surface area contributed by atoms with Gasteiger partial charge in [-0.3, -0.25) is 4.90 Å². The van der Waals surface area contributed by atoms with E-state index in [2.05, 4.69) is 68.9 Å². The summed E-state index contributed by atoms with van der Waals surface area (Å²) in [6.45, 7) is 27.9. The smallest absolute Gasteiger partial charge is 0.410 e. The fourth-order valence-corrected chi connectivity index (χ4v) is 7.56. The fourth-order valence-electron chi connectivity index (χ4n) is 6.54. The summed E-state index contributed by atoms with van der Waals surface area (Å²) in [6, 6.07) is 6.82. The number of nitrogens with zero attached hydrogens (tertiary/aromatic N) is 2. The first-order valence-corrected chi connectivity index (χ1v) is 17.9. The summed E-state index contributed by atoms with van der Waals surface area (Å²) in [5.74, 6) is 0.255. The van der Waals surface area contributed by atoms with Gasteiger partial charge >= 0.3 is 6.09 Å². The number of nitrogens with one attached hydrogen (secondary N) is 1. The number of hydrogen-bond donors (Lipinski definition) is 2. The first kappa shape index (κ1) is 31.1. The minimum Gasteiger partial charge on any atom is -0.444 e. The van der Waals surface area contributed by atoms with Gasteiger partial charge in [-0.1, -0.05) is 45.1 Å². The Morgan fingerprint density at radius 1 is 1.20 bits per heavy atom. The maximum Gasteiger partial charge on any atom is 0.410 e. The van der Waals surface area contributed by atoms with Crippen molar-refractivity contribution in [3.63, 3.8) is 0 Å². The molecule has 1 spiro atoms. The van der Waals surface area contributed by atoms with Crippen LogP contribution in [-0.2, 0) is 9.16 Å². The number of carbonyl (C=O) groups excluding carboxylic acids is 1. The second-order valence-corrected chi connectivity index (χ2v) is 19.8. The second-order valence-electron chi connectivity index (χ2n) is 15.0. The van der Waals surface area contributed by atoms with Crippen LogP contribution in [0.15, 0.2) is 24.8 Å². The van der Waals surface area contributed by atoms with Gasteiger partial charge in [0.2, 0.25) is 0 Å². The van der Waals surface area contributed by atoms with Gasteiger partial charge in [0.15, 0.2) is 8.32 Å². The maximum absolute atomic E-state index is 12.9. The average molecular weight is 572 g/mol. The first-order chi connectivity index (χ1) is 18.4. The molecule has 0 bridgehead atoms. The highest BCUT2D eigenvalue weighted by Gasteiger charge is 2.58. The van der Waals surface area contributed by atoms with Crippen molar-refractivity contribution in [3.05, 3.63) is 35.9 Å². The minimum absolute atomic E-state index is 0.0225. The average Bonchev–Trinajstić information content (AvgIpc) is 3.21. The fraction of sp³-hybridized carbons (Fsp3) is 0.719. The van der Waals surface area contributed by atoms with Crippen molar-refractivity contribution in [2.24, 2.45) is 5.41 Å². The molecule has 2 fully saturated rings. The van der Waals surface area contributed by atoms with Crippen molar-refractivity contribution in [2.75, 3.05) is 31.6 Å². The molecule has 3 aliphatic heterocycles. The molecule has 0 saturated carbocycles. The zero-order valence-electron chi connectivity index (χ0n) is 26.6. The first-order valence-electron chi connectivity index (χ1n) is 15.0. The molecular formula is C32H53N3O4Si. The molecule has 40 heavy (non-hydrogen) atoms. The Bertz CT molecular complexity index is 1110. The summed E-state index contributed by atoms with van der Waals surface area (Å²) in [6.07, 6.45) is 0.871. The van der Waals surface area contributed by atoms with E-state index in [0.717, 1.165) is 36.2 Å². The number of aliphatic hydroxyl groups is 1. The molecule has 3 aliphatic rings. The summed E-state index contributed by atoms with van der Waals surface area (Å²) >= 11 is 0. The lowest BCUT2D eigenvalue weighted by Gasteiger charge is -2.57. The molecule has 1 aromatic rings. The maximum atomic E-state index is 12.9. The normalized spacial score (nSPS) is 25.7. The van der Waals surface area contributed by atoms with E-state index in [1.165, 1.54) is 5.56 Å². The van der Waals surface area contributed by atoms with E-state index in [4.69, 9.17) is 9.16 Å². The molecular weight excluding hydrogens is 518 g/mol. The zero-order chi connectivity index (χ0) is 29.8. The van der Waals surface area contributed by atoms with Gasteiger partial charge in [-0.2, -0.15) is 0 Å². The van der Waals surface area contributed by atoms with Gasteiger partial charge in [0.05, 0.1) is 18.7 Å². The van der Waals surface area contributed by atoms with Crippen molar-refractivity contribution < 1.29 is 19.1 Å². The van der Waals surface area contributed by atoms with E-state index < -0.39 is 20.1 Å². The van der Waals surface area contributed by atoms with E-state index >= 15 is 0 Å². The van der Waals surface area contributed by atoms with Crippen LogP contribution < -0.4 is 5.32 Å². The third-order valence-electron chi connectivity index (χ3n) is 9.87. The molecule has 1 amide bonds. The number of amides is 1. The lowest BCUT2D eigenvalue weighted by Crippen LogP contribution is -2.66. The largest absolute Gasteiger partial charge is 0.444 e. The molecule has 0 radical (unpaired) electrons. The van der Waals surface area contributed by atoms with Crippen LogP contribution in [0.4, 0.5) is 10.5 Å². The highest BCUT2D eigenvalue weighted by Crippen LogP contribution is 2.57. The highest BCUT2D eigenvalue weighted by molar-refractivity contribution is 6.74. The predicted octanol–water partition coefficient (Wildman–Crippen LogP) is 6.66. The molecule has 1 aromatic carbocycles. The van der Waals surface area contributed by atoms with Gasteiger partial charge < -0.3 is 24.5 Å². The quantitative estimate of drug-likeness (QED) is 0.385. The molecule has 3 heterocycles. The Kier molecular flexibility index (Phi) is 8.35. The topological polar surface area (TPSA) is 74.3 Å². The SMILES string of the molecule is C=C(C)c1ccc2c(c1)NC1C2C2(CCN(C(=O)OC(C)(C)C)CC2)CN(C(C)O)[C@H]1CO[Si](C)(C)C(C)(C)C. The van der Waals surface area contributed by atoms with Crippen LogP contribution >= 0.6 is 0 Å². The third-order valence-corrected chi connectivity index (χ3v) is 14.4. The summed E-state index contributed by atoms with van der Waals surface area (Å²) in [5.41, 5.74) is 4.08. The molecule has 7 nitrogen and oxygen atoms in total. The molecule has 224 valence electrons. The summed E-state index contributed by atoms with van der Waals surface area (Å²) in [4.78, 5) is 17.0. The number of hydrogen-bond acceptors (Lipinski definition) is 6. The minimum atomic E-state index is -2.00. The van der Waals surface area contributed by atoms with Crippen molar-refractivity contribution in [2.45, 2.75) is 116 Å². The van der Waals surface area contributed by atoms with E-state index in [1.54, 1.807) is 0 Å².